The molecular weight excluding hydrogens is 437 g/mol. The van der Waals surface area contributed by atoms with Gasteiger partial charge in [-0.2, -0.15) is 4.31 Å². The first-order valence-corrected chi connectivity index (χ1v) is 11.1. The van der Waals surface area contributed by atoms with Crippen LogP contribution in [0.25, 0.3) is 11.0 Å². The molecule has 0 aliphatic carbocycles. The van der Waals surface area contributed by atoms with Gasteiger partial charge in [0.25, 0.3) is 0 Å². The van der Waals surface area contributed by atoms with Gasteiger partial charge in [-0.3, -0.25) is 4.79 Å². The van der Waals surface area contributed by atoms with Crippen LogP contribution in [0, 0.1) is 0 Å². The number of piperazine rings is 1. The van der Waals surface area contributed by atoms with E-state index in [0.717, 1.165) is 5.39 Å². The van der Waals surface area contributed by atoms with E-state index in [0.29, 0.717) is 11.3 Å². The molecular formula is C19H17Cl2N3O4S. The van der Waals surface area contributed by atoms with E-state index in [2.05, 4.69) is 5.16 Å². The van der Waals surface area contributed by atoms with Gasteiger partial charge in [0.2, 0.25) is 15.9 Å². The minimum absolute atomic E-state index is 0.0777. The molecule has 2 aromatic carbocycles. The van der Waals surface area contributed by atoms with Crippen LogP contribution < -0.4 is 0 Å². The molecule has 7 nitrogen and oxygen atoms in total. The summed E-state index contributed by atoms with van der Waals surface area (Å²) in [6, 6.07) is 11.9. The topological polar surface area (TPSA) is 83.7 Å². The van der Waals surface area contributed by atoms with E-state index in [1.165, 1.54) is 16.4 Å². The van der Waals surface area contributed by atoms with Crippen LogP contribution in [0.3, 0.4) is 0 Å². The molecule has 4 rings (SSSR count). The molecule has 0 N–H and O–H groups in total. The number of aromatic nitrogens is 1. The second-order valence-electron chi connectivity index (χ2n) is 6.64. The number of amides is 1. The van der Waals surface area contributed by atoms with Crippen molar-refractivity contribution in [1.82, 2.24) is 14.4 Å². The Labute approximate surface area is 177 Å². The third-order valence-corrected chi connectivity index (χ3v) is 7.73. The minimum Gasteiger partial charge on any atom is -0.356 e. The zero-order chi connectivity index (χ0) is 20.6. The molecule has 29 heavy (non-hydrogen) atoms. The third kappa shape index (κ3) is 3.85. The number of nitrogens with zero attached hydrogens (tertiary/aromatic N) is 3. The van der Waals surface area contributed by atoms with Crippen LogP contribution in [0.1, 0.15) is 5.69 Å². The van der Waals surface area contributed by atoms with Crippen LogP contribution in [-0.4, -0.2) is 54.9 Å². The number of hydrogen-bond donors (Lipinski definition) is 0. The average molecular weight is 454 g/mol. The lowest BCUT2D eigenvalue weighted by molar-refractivity contribution is -0.131. The molecule has 1 fully saturated rings. The van der Waals surface area contributed by atoms with E-state index in [9.17, 15) is 13.2 Å². The number of para-hydroxylation sites is 1. The molecule has 1 amide bonds. The standard InChI is InChI=1S/C19H17Cl2N3O4S/c20-14-5-3-6-15(21)19(14)29(26,27)24-10-8-23(9-11-24)18(25)12-16-13-4-1-2-7-17(13)28-22-16/h1-7H,8-12H2. The first-order valence-electron chi connectivity index (χ1n) is 8.93. The highest BCUT2D eigenvalue weighted by Crippen LogP contribution is 2.32. The summed E-state index contributed by atoms with van der Waals surface area (Å²) < 4.78 is 32.4. The fraction of sp³-hybridized carbons (Fsp3) is 0.263. The van der Waals surface area contributed by atoms with Gasteiger partial charge < -0.3 is 9.42 Å². The number of benzene rings is 2. The molecule has 3 aromatic rings. The molecule has 10 heteroatoms. The predicted molar refractivity (Wildman–Crippen MR) is 110 cm³/mol. The second-order valence-corrected chi connectivity index (χ2v) is 9.33. The highest BCUT2D eigenvalue weighted by Gasteiger charge is 2.33. The van der Waals surface area contributed by atoms with Crippen LogP contribution >= 0.6 is 23.2 Å². The highest BCUT2D eigenvalue weighted by molar-refractivity contribution is 7.89. The molecule has 0 radical (unpaired) electrons. The summed E-state index contributed by atoms with van der Waals surface area (Å²) in [5.41, 5.74) is 1.20. The number of carbonyl (C=O) groups excluding carboxylic acids is 1. The summed E-state index contributed by atoms with van der Waals surface area (Å²) in [6.45, 7) is 0.871. The van der Waals surface area contributed by atoms with Gasteiger partial charge in [-0.1, -0.05) is 46.6 Å². The van der Waals surface area contributed by atoms with Crippen LogP contribution in [0.2, 0.25) is 10.0 Å². The lowest BCUT2D eigenvalue weighted by Crippen LogP contribution is -2.51. The normalized spacial score (nSPS) is 15.7. The Morgan fingerprint density at radius 2 is 1.66 bits per heavy atom. The van der Waals surface area contributed by atoms with E-state index in [4.69, 9.17) is 27.7 Å². The largest absolute Gasteiger partial charge is 0.356 e. The molecule has 1 saturated heterocycles. The molecule has 2 heterocycles. The van der Waals surface area contributed by atoms with E-state index in [-0.39, 0.29) is 53.4 Å². The molecule has 1 aromatic heterocycles. The van der Waals surface area contributed by atoms with Crippen molar-refractivity contribution in [2.45, 2.75) is 11.3 Å². The number of fused-ring (bicyclic) bond motifs is 1. The number of rotatable bonds is 4. The van der Waals surface area contributed by atoms with Crippen molar-refractivity contribution in [3.05, 3.63) is 58.2 Å². The lowest BCUT2D eigenvalue weighted by atomic mass is 10.1. The predicted octanol–water partition coefficient (Wildman–Crippen LogP) is 3.21. The summed E-state index contributed by atoms with van der Waals surface area (Å²) >= 11 is 12.1. The number of hydrogen-bond acceptors (Lipinski definition) is 5. The minimum atomic E-state index is -3.85. The zero-order valence-electron chi connectivity index (χ0n) is 15.2. The van der Waals surface area contributed by atoms with Crippen molar-refractivity contribution >= 4 is 50.1 Å². The Bertz CT molecular complexity index is 1150. The number of halogens is 2. The van der Waals surface area contributed by atoms with Gasteiger partial charge in [-0.05, 0) is 24.3 Å². The summed E-state index contributed by atoms with van der Waals surface area (Å²) in [7, 11) is -3.85. The molecule has 0 atom stereocenters. The fourth-order valence-corrected chi connectivity index (χ4v) is 5.87. The van der Waals surface area contributed by atoms with E-state index in [1.54, 1.807) is 17.0 Å². The molecule has 1 aliphatic rings. The molecule has 1 aliphatic heterocycles. The van der Waals surface area contributed by atoms with Crippen LogP contribution in [-0.2, 0) is 21.2 Å². The maximum atomic E-state index is 12.9. The van der Waals surface area contributed by atoms with Crippen molar-refractivity contribution in [3.63, 3.8) is 0 Å². The van der Waals surface area contributed by atoms with Crippen molar-refractivity contribution in [2.75, 3.05) is 26.2 Å². The van der Waals surface area contributed by atoms with Crippen molar-refractivity contribution in [1.29, 1.82) is 0 Å². The van der Waals surface area contributed by atoms with Crippen LogP contribution in [0.15, 0.2) is 51.9 Å². The molecule has 0 unspecified atom stereocenters. The van der Waals surface area contributed by atoms with E-state index in [1.807, 2.05) is 18.2 Å². The Morgan fingerprint density at radius 3 is 2.34 bits per heavy atom. The Kier molecular flexibility index (Phi) is 5.52. The van der Waals surface area contributed by atoms with Gasteiger partial charge in [-0.15, -0.1) is 0 Å². The maximum absolute atomic E-state index is 12.9. The van der Waals surface area contributed by atoms with E-state index >= 15 is 0 Å². The summed E-state index contributed by atoms with van der Waals surface area (Å²) in [5.74, 6) is -0.128. The first kappa shape index (κ1) is 20.2. The summed E-state index contributed by atoms with van der Waals surface area (Å²) in [4.78, 5) is 14.2. The van der Waals surface area contributed by atoms with Crippen molar-refractivity contribution in [3.8, 4) is 0 Å². The lowest BCUT2D eigenvalue weighted by Gasteiger charge is -2.34. The summed E-state index contributed by atoms with van der Waals surface area (Å²) in [5, 5.41) is 4.94. The Morgan fingerprint density at radius 1 is 1.00 bits per heavy atom. The van der Waals surface area contributed by atoms with Gasteiger partial charge in [-0.25, -0.2) is 8.42 Å². The van der Waals surface area contributed by atoms with Crippen LogP contribution in [0.5, 0.6) is 0 Å². The number of carbonyl (C=O) groups is 1. The van der Waals surface area contributed by atoms with Gasteiger partial charge in [0.15, 0.2) is 5.58 Å². The quantitative estimate of drug-likeness (QED) is 0.605. The number of sulfonamides is 1. The highest BCUT2D eigenvalue weighted by atomic mass is 35.5. The van der Waals surface area contributed by atoms with Crippen molar-refractivity contribution in [2.24, 2.45) is 0 Å². The van der Waals surface area contributed by atoms with Gasteiger partial charge >= 0.3 is 0 Å². The second kappa shape index (κ2) is 7.95. The summed E-state index contributed by atoms with van der Waals surface area (Å²) in [6.07, 6.45) is 0.0973. The maximum Gasteiger partial charge on any atom is 0.246 e. The molecule has 0 spiro atoms. The Balaban J connectivity index is 1.44. The first-order chi connectivity index (χ1) is 13.9. The third-order valence-electron chi connectivity index (χ3n) is 4.88. The fourth-order valence-electron chi connectivity index (χ4n) is 3.36. The molecule has 0 saturated carbocycles. The van der Waals surface area contributed by atoms with E-state index < -0.39 is 10.0 Å². The molecule has 0 bridgehead atoms. The Hall–Kier alpha value is -2.13. The molecule has 152 valence electrons. The van der Waals surface area contributed by atoms with Gasteiger partial charge in [0.05, 0.1) is 16.5 Å². The van der Waals surface area contributed by atoms with Gasteiger partial charge in [0, 0.05) is 31.6 Å². The zero-order valence-corrected chi connectivity index (χ0v) is 17.5. The van der Waals surface area contributed by atoms with Gasteiger partial charge in [0.1, 0.15) is 10.6 Å². The SMILES string of the molecule is O=C(Cc1noc2ccccc12)N1CCN(S(=O)(=O)c2c(Cl)cccc2Cl)CC1. The van der Waals surface area contributed by atoms with Crippen molar-refractivity contribution < 1.29 is 17.7 Å². The van der Waals surface area contributed by atoms with Crippen LogP contribution in [0.4, 0.5) is 0 Å². The average Bonchev–Trinajstić information content (AvgIpc) is 3.11. The smallest absolute Gasteiger partial charge is 0.246 e. The monoisotopic (exact) mass is 453 g/mol.